The molecule has 170 valence electrons. The minimum absolute atomic E-state index is 0.581. The van der Waals surface area contributed by atoms with Gasteiger partial charge in [-0.15, -0.1) is 0 Å². The first-order chi connectivity index (χ1) is 16.3. The van der Waals surface area contributed by atoms with Crippen molar-refractivity contribution in [2.24, 2.45) is 0 Å². The Labute approximate surface area is 195 Å². The van der Waals surface area contributed by atoms with Crippen LogP contribution in [-0.2, 0) is 0 Å². The Hall–Kier alpha value is -3.05. The van der Waals surface area contributed by atoms with Gasteiger partial charge in [-0.2, -0.15) is 0 Å². The maximum absolute atomic E-state index is 5.91. The maximum Gasteiger partial charge on any atom is 0.175 e. The van der Waals surface area contributed by atoms with Crippen molar-refractivity contribution in [2.75, 3.05) is 38.2 Å². The zero-order valence-corrected chi connectivity index (χ0v) is 19.2. The average Bonchev–Trinajstić information content (AvgIpc) is 3.33. The first-order valence-electron chi connectivity index (χ1n) is 12.2. The number of hydrogen-bond acceptors (Lipinski definition) is 5. The van der Waals surface area contributed by atoms with Gasteiger partial charge in [0.15, 0.2) is 11.3 Å². The molecule has 5 nitrogen and oxygen atoms in total. The van der Waals surface area contributed by atoms with Crippen molar-refractivity contribution in [3.63, 3.8) is 0 Å². The van der Waals surface area contributed by atoms with Crippen molar-refractivity contribution in [3.8, 4) is 5.75 Å². The van der Waals surface area contributed by atoms with E-state index in [1.165, 1.54) is 47.7 Å². The molecule has 0 amide bonds. The minimum atomic E-state index is 0.581. The van der Waals surface area contributed by atoms with Crippen molar-refractivity contribution in [3.05, 3.63) is 66.6 Å². The Morgan fingerprint density at radius 1 is 0.909 bits per heavy atom. The van der Waals surface area contributed by atoms with Gasteiger partial charge in [0.2, 0.25) is 0 Å². The molecule has 0 atom stereocenters. The van der Waals surface area contributed by atoms with Crippen LogP contribution in [0, 0.1) is 0 Å². The number of ether oxygens (including phenoxy) is 1. The van der Waals surface area contributed by atoms with Crippen molar-refractivity contribution in [2.45, 2.75) is 37.6 Å². The Balaban J connectivity index is 1.09. The monoisotopic (exact) mass is 441 g/mol. The molecule has 6 rings (SSSR count). The average molecular weight is 442 g/mol. The Morgan fingerprint density at radius 2 is 1.70 bits per heavy atom. The summed E-state index contributed by atoms with van der Waals surface area (Å²) < 4.78 is 11.4. The van der Waals surface area contributed by atoms with Crippen LogP contribution in [0.25, 0.3) is 21.9 Å². The van der Waals surface area contributed by atoms with Gasteiger partial charge < -0.3 is 14.1 Å². The van der Waals surface area contributed by atoms with Gasteiger partial charge in [0.1, 0.15) is 0 Å². The summed E-state index contributed by atoms with van der Waals surface area (Å²) in [6.07, 6.45) is 8.84. The third-order valence-corrected chi connectivity index (χ3v) is 7.73. The van der Waals surface area contributed by atoms with Crippen LogP contribution in [0.5, 0.6) is 5.75 Å². The highest BCUT2D eigenvalue weighted by molar-refractivity contribution is 5.90. The highest BCUT2D eigenvalue weighted by atomic mass is 16.5. The highest BCUT2D eigenvalue weighted by Gasteiger charge is 2.30. The van der Waals surface area contributed by atoms with Gasteiger partial charge >= 0.3 is 0 Å². The van der Waals surface area contributed by atoms with Crippen molar-refractivity contribution < 1.29 is 9.15 Å². The normalized spacial score (nSPS) is 22.2. The van der Waals surface area contributed by atoms with Gasteiger partial charge in [-0.05, 0) is 49.8 Å². The molecule has 1 aliphatic heterocycles. The van der Waals surface area contributed by atoms with Gasteiger partial charge in [0.25, 0.3) is 0 Å². The second-order valence-corrected chi connectivity index (χ2v) is 9.41. The molecule has 3 heterocycles. The molecule has 2 aromatic carbocycles. The van der Waals surface area contributed by atoms with E-state index in [-0.39, 0.29) is 0 Å². The number of para-hydroxylation sites is 2. The quantitative estimate of drug-likeness (QED) is 0.398. The number of methoxy groups -OCH3 is 1. The highest BCUT2D eigenvalue weighted by Crippen LogP contribution is 2.41. The number of pyridine rings is 1. The number of rotatable bonds is 4. The first kappa shape index (κ1) is 20.5. The molecular weight excluding hydrogens is 410 g/mol. The standard InChI is InChI=1S/C28H31N3O2/c1-32-26-9-3-7-23-24(19-33-28(23)26)20-10-12-22(13-11-20)30-15-17-31(18-16-30)25-8-2-5-21-6-4-14-29-27(21)25/h2-9,14,19-20,22H,10-13,15-18H2,1H3. The predicted molar refractivity (Wildman–Crippen MR) is 133 cm³/mol. The van der Waals surface area contributed by atoms with E-state index in [0.717, 1.165) is 43.0 Å². The summed E-state index contributed by atoms with van der Waals surface area (Å²) in [5, 5.41) is 2.44. The summed E-state index contributed by atoms with van der Waals surface area (Å²) in [6, 6.07) is 17.6. The topological polar surface area (TPSA) is 41.7 Å². The smallest absolute Gasteiger partial charge is 0.175 e. The summed E-state index contributed by atoms with van der Waals surface area (Å²) >= 11 is 0. The molecule has 1 saturated carbocycles. The fraction of sp³-hybridized carbons (Fsp3) is 0.393. The molecule has 1 saturated heterocycles. The fourth-order valence-electron chi connectivity index (χ4n) is 5.95. The molecule has 0 spiro atoms. The Kier molecular flexibility index (Phi) is 5.43. The van der Waals surface area contributed by atoms with Crippen LogP contribution in [0.4, 0.5) is 5.69 Å². The largest absolute Gasteiger partial charge is 0.493 e. The number of fused-ring (bicyclic) bond motifs is 2. The van der Waals surface area contributed by atoms with E-state index in [2.05, 4.69) is 51.2 Å². The molecular formula is C28H31N3O2. The Morgan fingerprint density at radius 3 is 2.52 bits per heavy atom. The molecule has 2 aliphatic rings. The predicted octanol–water partition coefficient (Wildman–Crippen LogP) is 5.84. The number of furan rings is 1. The zero-order valence-electron chi connectivity index (χ0n) is 19.2. The third kappa shape index (κ3) is 3.74. The molecule has 1 aliphatic carbocycles. The van der Waals surface area contributed by atoms with Gasteiger partial charge in [0.05, 0.1) is 24.6 Å². The molecule has 0 bridgehead atoms. The van der Waals surface area contributed by atoms with Crippen LogP contribution >= 0.6 is 0 Å². The van der Waals surface area contributed by atoms with E-state index in [1.54, 1.807) is 7.11 Å². The Bertz CT molecular complexity index is 1250. The summed E-state index contributed by atoms with van der Waals surface area (Å²) in [5.41, 5.74) is 4.64. The number of piperazine rings is 1. The SMILES string of the molecule is COc1cccc2c(C3CCC(N4CCN(c5cccc6cccnc56)CC4)CC3)coc12. The molecule has 0 N–H and O–H groups in total. The van der Waals surface area contributed by atoms with Crippen LogP contribution in [0.2, 0.25) is 0 Å². The van der Waals surface area contributed by atoms with Crippen molar-refractivity contribution in [1.29, 1.82) is 0 Å². The first-order valence-corrected chi connectivity index (χ1v) is 12.2. The summed E-state index contributed by atoms with van der Waals surface area (Å²) in [5.74, 6) is 1.41. The lowest BCUT2D eigenvalue weighted by Crippen LogP contribution is -2.51. The summed E-state index contributed by atoms with van der Waals surface area (Å²) in [4.78, 5) is 9.90. The zero-order chi connectivity index (χ0) is 22.2. The van der Waals surface area contributed by atoms with Gasteiger partial charge in [-0.3, -0.25) is 9.88 Å². The van der Waals surface area contributed by atoms with Crippen LogP contribution < -0.4 is 9.64 Å². The maximum atomic E-state index is 5.91. The van der Waals surface area contributed by atoms with Gasteiger partial charge in [-0.1, -0.05) is 30.3 Å². The van der Waals surface area contributed by atoms with E-state index in [9.17, 15) is 0 Å². The van der Waals surface area contributed by atoms with E-state index in [1.807, 2.05) is 24.6 Å². The van der Waals surface area contributed by atoms with Crippen LogP contribution in [0.3, 0.4) is 0 Å². The molecule has 5 heteroatoms. The van der Waals surface area contributed by atoms with E-state index in [0.29, 0.717) is 12.0 Å². The van der Waals surface area contributed by atoms with E-state index < -0.39 is 0 Å². The molecule has 2 aromatic heterocycles. The van der Waals surface area contributed by atoms with E-state index >= 15 is 0 Å². The van der Waals surface area contributed by atoms with Crippen LogP contribution in [-0.4, -0.2) is 49.2 Å². The summed E-state index contributed by atoms with van der Waals surface area (Å²) in [6.45, 7) is 4.40. The molecule has 0 radical (unpaired) electrons. The number of nitrogens with zero attached hydrogens (tertiary/aromatic N) is 3. The van der Waals surface area contributed by atoms with Crippen LogP contribution in [0.1, 0.15) is 37.2 Å². The van der Waals surface area contributed by atoms with Crippen molar-refractivity contribution in [1.82, 2.24) is 9.88 Å². The molecule has 33 heavy (non-hydrogen) atoms. The van der Waals surface area contributed by atoms with Gasteiger partial charge in [-0.25, -0.2) is 0 Å². The third-order valence-electron chi connectivity index (χ3n) is 7.73. The van der Waals surface area contributed by atoms with Crippen LogP contribution in [0.15, 0.2) is 65.4 Å². The fourth-order valence-corrected chi connectivity index (χ4v) is 5.95. The number of aromatic nitrogens is 1. The molecule has 2 fully saturated rings. The lowest BCUT2D eigenvalue weighted by Gasteiger charge is -2.42. The lowest BCUT2D eigenvalue weighted by atomic mass is 9.81. The molecule has 0 unspecified atom stereocenters. The van der Waals surface area contributed by atoms with E-state index in [4.69, 9.17) is 9.15 Å². The number of anilines is 1. The van der Waals surface area contributed by atoms with Gasteiger partial charge in [0, 0.05) is 54.8 Å². The number of hydrogen-bond donors (Lipinski definition) is 0. The second kappa shape index (κ2) is 8.71. The summed E-state index contributed by atoms with van der Waals surface area (Å²) in [7, 11) is 1.71. The second-order valence-electron chi connectivity index (χ2n) is 9.41. The lowest BCUT2D eigenvalue weighted by molar-refractivity contribution is 0.141. The number of benzene rings is 2. The molecule has 4 aromatic rings. The van der Waals surface area contributed by atoms with Crippen molar-refractivity contribution >= 4 is 27.6 Å². The minimum Gasteiger partial charge on any atom is -0.493 e.